The van der Waals surface area contributed by atoms with Gasteiger partial charge in [-0.2, -0.15) is 0 Å². The highest BCUT2D eigenvalue weighted by Gasteiger charge is 1.93. The molecular weight excluding hydrogens is 192 g/mol. The quantitative estimate of drug-likeness (QED) is 0.689. The van der Waals surface area contributed by atoms with E-state index in [1.165, 1.54) is 0 Å². The summed E-state index contributed by atoms with van der Waals surface area (Å²) >= 11 is 3.34. The van der Waals surface area contributed by atoms with Gasteiger partial charge in [-0.1, -0.05) is 0 Å². The molecule has 0 saturated carbocycles. The average Bonchev–Trinajstić information content (AvgIpc) is 2.33. The number of aromatic amines is 1. The normalized spacial score (nSPS) is 10.5. The summed E-state index contributed by atoms with van der Waals surface area (Å²) in [6.45, 7) is 0. The Kier molecular flexibility index (Phi) is 1.24. The van der Waals surface area contributed by atoms with Gasteiger partial charge in [-0.05, 0) is 22.0 Å². The molecule has 10 heavy (non-hydrogen) atoms. The van der Waals surface area contributed by atoms with Gasteiger partial charge < -0.3 is 4.98 Å². The van der Waals surface area contributed by atoms with Crippen LogP contribution in [-0.2, 0) is 0 Å². The van der Waals surface area contributed by atoms with Crippen molar-refractivity contribution in [3.8, 4) is 0 Å². The van der Waals surface area contributed by atoms with Crippen molar-refractivity contribution in [1.29, 1.82) is 0 Å². The Hall–Kier alpha value is -0.830. The number of nitrogens with zero attached hydrogens (tertiary/aromatic N) is 1. The molecule has 0 aliphatic rings. The SMILES string of the molecule is Brc1cnc2c[nH]cc2c1. The van der Waals surface area contributed by atoms with Crippen molar-refractivity contribution in [3.05, 3.63) is 29.1 Å². The number of aromatic nitrogens is 2. The molecule has 0 atom stereocenters. The van der Waals surface area contributed by atoms with Crippen LogP contribution in [0.4, 0.5) is 0 Å². The molecule has 2 nitrogen and oxygen atoms in total. The first-order chi connectivity index (χ1) is 4.86. The molecule has 0 radical (unpaired) electrons. The zero-order valence-electron chi connectivity index (χ0n) is 5.13. The molecule has 3 heteroatoms. The van der Waals surface area contributed by atoms with Crippen molar-refractivity contribution in [2.24, 2.45) is 0 Å². The maximum atomic E-state index is 4.16. The number of rotatable bonds is 0. The summed E-state index contributed by atoms with van der Waals surface area (Å²) in [6, 6.07) is 2.03. The number of hydrogen-bond donors (Lipinski definition) is 1. The highest BCUT2D eigenvalue weighted by Crippen LogP contribution is 2.15. The molecule has 0 fully saturated rings. The highest BCUT2D eigenvalue weighted by atomic mass is 79.9. The van der Waals surface area contributed by atoms with Crippen molar-refractivity contribution in [2.45, 2.75) is 0 Å². The summed E-state index contributed by atoms with van der Waals surface area (Å²) in [5, 5.41) is 1.13. The first kappa shape index (κ1) is 5.92. The Bertz CT molecular complexity index is 353. The van der Waals surface area contributed by atoms with E-state index in [2.05, 4.69) is 25.9 Å². The second-order valence-corrected chi connectivity index (χ2v) is 3.00. The molecule has 0 unspecified atom stereocenters. The van der Waals surface area contributed by atoms with E-state index in [0.29, 0.717) is 0 Å². The van der Waals surface area contributed by atoms with Gasteiger partial charge in [-0.3, -0.25) is 4.98 Å². The van der Waals surface area contributed by atoms with Gasteiger partial charge in [0.25, 0.3) is 0 Å². The van der Waals surface area contributed by atoms with Gasteiger partial charge in [0.2, 0.25) is 0 Å². The third kappa shape index (κ3) is 0.827. The van der Waals surface area contributed by atoms with Gasteiger partial charge in [0.05, 0.1) is 5.52 Å². The van der Waals surface area contributed by atoms with E-state index in [4.69, 9.17) is 0 Å². The first-order valence-electron chi connectivity index (χ1n) is 2.94. The van der Waals surface area contributed by atoms with E-state index >= 15 is 0 Å². The van der Waals surface area contributed by atoms with Crippen molar-refractivity contribution in [1.82, 2.24) is 9.97 Å². The second-order valence-electron chi connectivity index (χ2n) is 2.08. The fourth-order valence-corrected chi connectivity index (χ4v) is 1.26. The van der Waals surface area contributed by atoms with Gasteiger partial charge in [-0.15, -0.1) is 0 Å². The largest absolute Gasteiger partial charge is 0.365 e. The van der Waals surface area contributed by atoms with Crippen molar-refractivity contribution in [3.63, 3.8) is 0 Å². The Morgan fingerprint density at radius 1 is 1.40 bits per heavy atom. The van der Waals surface area contributed by atoms with E-state index in [9.17, 15) is 0 Å². The van der Waals surface area contributed by atoms with Gasteiger partial charge in [-0.25, -0.2) is 0 Å². The number of H-pyrrole nitrogens is 1. The van der Waals surface area contributed by atoms with Crippen molar-refractivity contribution >= 4 is 26.8 Å². The minimum Gasteiger partial charge on any atom is -0.365 e. The van der Waals surface area contributed by atoms with Crippen LogP contribution in [0.25, 0.3) is 10.9 Å². The minimum atomic E-state index is 1.00. The molecule has 0 aliphatic carbocycles. The minimum absolute atomic E-state index is 1.00. The van der Waals surface area contributed by atoms with Crippen LogP contribution < -0.4 is 0 Å². The smallest absolute Gasteiger partial charge is 0.0877 e. The molecule has 1 N–H and O–H groups in total. The van der Waals surface area contributed by atoms with Crippen LogP contribution in [0.2, 0.25) is 0 Å². The summed E-state index contributed by atoms with van der Waals surface area (Å²) in [5.41, 5.74) is 1.00. The van der Waals surface area contributed by atoms with E-state index in [1.54, 1.807) is 6.20 Å². The van der Waals surface area contributed by atoms with Gasteiger partial charge in [0.1, 0.15) is 0 Å². The van der Waals surface area contributed by atoms with Gasteiger partial charge in [0.15, 0.2) is 0 Å². The standard InChI is InChI=1S/C7H5BrN2/c8-6-1-5-2-9-4-7(5)10-3-6/h1-4,9H. The molecule has 0 bridgehead atoms. The monoisotopic (exact) mass is 196 g/mol. The van der Waals surface area contributed by atoms with Crippen LogP contribution in [0, 0.1) is 0 Å². The number of halogens is 1. The summed E-state index contributed by atoms with van der Waals surface area (Å²) in [6.07, 6.45) is 5.59. The van der Waals surface area contributed by atoms with E-state index in [1.807, 2.05) is 18.5 Å². The van der Waals surface area contributed by atoms with E-state index in [-0.39, 0.29) is 0 Å². The highest BCUT2D eigenvalue weighted by molar-refractivity contribution is 9.10. The molecule has 2 rings (SSSR count). The molecule has 2 heterocycles. The molecule has 50 valence electrons. The maximum Gasteiger partial charge on any atom is 0.0877 e. The molecule has 0 spiro atoms. The van der Waals surface area contributed by atoms with Crippen LogP contribution in [0.1, 0.15) is 0 Å². The predicted octanol–water partition coefficient (Wildman–Crippen LogP) is 2.33. The predicted molar refractivity (Wildman–Crippen MR) is 43.8 cm³/mol. The second kappa shape index (κ2) is 2.09. The lowest BCUT2D eigenvalue weighted by Gasteiger charge is -1.87. The number of pyridine rings is 1. The third-order valence-corrected chi connectivity index (χ3v) is 1.81. The van der Waals surface area contributed by atoms with Crippen molar-refractivity contribution < 1.29 is 0 Å². The van der Waals surface area contributed by atoms with Crippen molar-refractivity contribution in [2.75, 3.05) is 0 Å². The summed E-state index contributed by atoms with van der Waals surface area (Å²) < 4.78 is 1.01. The number of nitrogens with one attached hydrogen (secondary N) is 1. The number of hydrogen-bond acceptors (Lipinski definition) is 1. The molecule has 2 aromatic heterocycles. The molecule has 0 saturated heterocycles. The third-order valence-electron chi connectivity index (χ3n) is 1.38. The lowest BCUT2D eigenvalue weighted by atomic mass is 10.3. The van der Waals surface area contributed by atoms with Crippen LogP contribution in [0.3, 0.4) is 0 Å². The van der Waals surface area contributed by atoms with Gasteiger partial charge in [0, 0.05) is 28.4 Å². The molecular formula is C7H5BrN2. The van der Waals surface area contributed by atoms with Crippen LogP contribution in [0.15, 0.2) is 29.1 Å². The molecule has 2 aromatic rings. The number of fused-ring (bicyclic) bond motifs is 1. The Morgan fingerprint density at radius 3 is 3.20 bits per heavy atom. The van der Waals surface area contributed by atoms with E-state index < -0.39 is 0 Å². The topological polar surface area (TPSA) is 28.7 Å². The zero-order valence-corrected chi connectivity index (χ0v) is 6.72. The molecule has 0 amide bonds. The first-order valence-corrected chi connectivity index (χ1v) is 3.73. The summed E-state index contributed by atoms with van der Waals surface area (Å²) in [7, 11) is 0. The zero-order chi connectivity index (χ0) is 6.97. The fourth-order valence-electron chi connectivity index (χ4n) is 0.912. The maximum absolute atomic E-state index is 4.16. The lowest BCUT2D eigenvalue weighted by molar-refractivity contribution is 1.38. The Labute approximate surface area is 66.4 Å². The van der Waals surface area contributed by atoms with E-state index in [0.717, 1.165) is 15.4 Å². The summed E-state index contributed by atoms with van der Waals surface area (Å²) in [5.74, 6) is 0. The average molecular weight is 197 g/mol. The van der Waals surface area contributed by atoms with Crippen LogP contribution >= 0.6 is 15.9 Å². The fraction of sp³-hybridized carbons (Fsp3) is 0. The molecule has 0 aliphatic heterocycles. The van der Waals surface area contributed by atoms with Gasteiger partial charge >= 0.3 is 0 Å². The van der Waals surface area contributed by atoms with Crippen LogP contribution in [0.5, 0.6) is 0 Å². The molecule has 0 aromatic carbocycles. The lowest BCUT2D eigenvalue weighted by Crippen LogP contribution is -1.70. The Balaban J connectivity index is 2.86. The summed E-state index contributed by atoms with van der Waals surface area (Å²) in [4.78, 5) is 7.14. The van der Waals surface area contributed by atoms with Crippen LogP contribution in [-0.4, -0.2) is 9.97 Å². The Morgan fingerprint density at radius 2 is 2.30 bits per heavy atom.